The Morgan fingerprint density at radius 3 is 2.44 bits per heavy atom. The predicted molar refractivity (Wildman–Crippen MR) is 67.4 cm³/mol. The van der Waals surface area contributed by atoms with Gasteiger partial charge in [0.1, 0.15) is 5.82 Å². The average molecular weight is 246 g/mol. The van der Waals surface area contributed by atoms with Crippen molar-refractivity contribution < 1.29 is 4.42 Å². The van der Waals surface area contributed by atoms with Crippen molar-refractivity contribution in [1.29, 1.82) is 0 Å². The molecule has 0 bridgehead atoms. The topological polar surface area (TPSA) is 84.3 Å². The molecule has 3 rings (SSSR count). The van der Waals surface area contributed by atoms with Crippen LogP contribution in [0.25, 0.3) is 0 Å². The van der Waals surface area contributed by atoms with Crippen molar-refractivity contribution in [2.75, 3.05) is 41.7 Å². The van der Waals surface area contributed by atoms with E-state index < -0.39 is 0 Å². The van der Waals surface area contributed by atoms with Crippen LogP contribution in [0.3, 0.4) is 0 Å². The minimum atomic E-state index is 0.108. The van der Waals surface area contributed by atoms with Crippen LogP contribution in [-0.2, 0) is 0 Å². The molecule has 0 amide bonds. The van der Waals surface area contributed by atoms with Crippen LogP contribution in [0.4, 0.5) is 17.8 Å². The lowest BCUT2D eigenvalue weighted by Crippen LogP contribution is -2.47. The second-order valence-electron chi connectivity index (χ2n) is 4.08. The standard InChI is InChI=1S/C11H14N6O/c12-10-14-15-11(18-10)17-7-5-16(6-8-17)9-3-1-2-4-13-9/h1-4H,5-8H2,(H2,12,14). The van der Waals surface area contributed by atoms with Gasteiger partial charge in [0.2, 0.25) is 0 Å². The molecule has 18 heavy (non-hydrogen) atoms. The molecule has 7 nitrogen and oxygen atoms in total. The minimum Gasteiger partial charge on any atom is -0.390 e. The number of nitrogen functional groups attached to an aromatic ring is 1. The summed E-state index contributed by atoms with van der Waals surface area (Å²) in [5, 5.41) is 7.55. The highest BCUT2D eigenvalue weighted by atomic mass is 16.4. The Balaban J connectivity index is 1.65. The summed E-state index contributed by atoms with van der Waals surface area (Å²) in [6.07, 6.45) is 1.81. The lowest BCUT2D eigenvalue weighted by atomic mass is 10.3. The van der Waals surface area contributed by atoms with Gasteiger partial charge in [0.15, 0.2) is 0 Å². The van der Waals surface area contributed by atoms with Crippen LogP contribution in [-0.4, -0.2) is 41.4 Å². The predicted octanol–water partition coefficient (Wildman–Crippen LogP) is 0.373. The molecule has 94 valence electrons. The molecule has 1 saturated heterocycles. The number of aromatic nitrogens is 3. The van der Waals surface area contributed by atoms with Crippen LogP contribution >= 0.6 is 0 Å². The molecule has 0 spiro atoms. The number of rotatable bonds is 2. The van der Waals surface area contributed by atoms with E-state index in [0.29, 0.717) is 6.01 Å². The Labute approximate surface area is 104 Å². The van der Waals surface area contributed by atoms with E-state index >= 15 is 0 Å². The lowest BCUT2D eigenvalue weighted by molar-refractivity contribution is 0.526. The maximum absolute atomic E-state index is 5.42. The molecular formula is C11H14N6O. The molecule has 2 aromatic heterocycles. The van der Waals surface area contributed by atoms with Gasteiger partial charge >= 0.3 is 12.0 Å². The molecule has 0 atom stereocenters. The Bertz CT molecular complexity index is 505. The Kier molecular flexibility index (Phi) is 2.71. The molecule has 0 aromatic carbocycles. The summed E-state index contributed by atoms with van der Waals surface area (Å²) in [6.45, 7) is 3.38. The highest BCUT2D eigenvalue weighted by Crippen LogP contribution is 2.18. The number of pyridine rings is 1. The first-order valence-corrected chi connectivity index (χ1v) is 5.83. The summed E-state index contributed by atoms with van der Waals surface area (Å²) in [6, 6.07) is 6.53. The third kappa shape index (κ3) is 2.06. The van der Waals surface area contributed by atoms with E-state index in [9.17, 15) is 0 Å². The van der Waals surface area contributed by atoms with Gasteiger partial charge < -0.3 is 20.0 Å². The Morgan fingerprint density at radius 2 is 1.83 bits per heavy atom. The van der Waals surface area contributed by atoms with E-state index in [0.717, 1.165) is 32.0 Å². The average Bonchev–Trinajstić information content (AvgIpc) is 2.87. The molecule has 2 aromatic rings. The number of piperazine rings is 1. The highest BCUT2D eigenvalue weighted by Gasteiger charge is 2.21. The maximum atomic E-state index is 5.42. The van der Waals surface area contributed by atoms with Gasteiger partial charge in [-0.3, -0.25) is 0 Å². The monoisotopic (exact) mass is 246 g/mol. The lowest BCUT2D eigenvalue weighted by Gasteiger charge is -2.34. The fraction of sp³-hybridized carbons (Fsp3) is 0.364. The van der Waals surface area contributed by atoms with Crippen LogP contribution in [0.15, 0.2) is 28.8 Å². The molecule has 0 saturated carbocycles. The number of nitrogens with zero attached hydrogens (tertiary/aromatic N) is 5. The molecule has 0 radical (unpaired) electrons. The van der Waals surface area contributed by atoms with Crippen molar-refractivity contribution in [2.45, 2.75) is 0 Å². The van der Waals surface area contributed by atoms with E-state index in [2.05, 4.69) is 20.1 Å². The summed E-state index contributed by atoms with van der Waals surface area (Å²) in [5.74, 6) is 1.00. The minimum absolute atomic E-state index is 0.108. The molecule has 2 N–H and O–H groups in total. The van der Waals surface area contributed by atoms with Gasteiger partial charge in [-0.15, -0.1) is 0 Å². The Morgan fingerprint density at radius 1 is 1.06 bits per heavy atom. The van der Waals surface area contributed by atoms with Crippen LogP contribution in [0.5, 0.6) is 0 Å². The van der Waals surface area contributed by atoms with Crippen molar-refractivity contribution in [1.82, 2.24) is 15.2 Å². The smallest absolute Gasteiger partial charge is 0.319 e. The van der Waals surface area contributed by atoms with Crippen molar-refractivity contribution in [3.8, 4) is 0 Å². The largest absolute Gasteiger partial charge is 0.390 e. The van der Waals surface area contributed by atoms with Crippen LogP contribution < -0.4 is 15.5 Å². The third-order valence-electron chi connectivity index (χ3n) is 2.95. The third-order valence-corrected chi connectivity index (χ3v) is 2.95. The summed E-state index contributed by atoms with van der Waals surface area (Å²) < 4.78 is 5.21. The quantitative estimate of drug-likeness (QED) is 0.819. The SMILES string of the molecule is Nc1nnc(N2CCN(c3ccccn3)CC2)o1. The first-order chi connectivity index (χ1) is 8.83. The fourth-order valence-corrected chi connectivity index (χ4v) is 2.02. The van der Waals surface area contributed by atoms with Crippen molar-refractivity contribution in [3.63, 3.8) is 0 Å². The zero-order valence-electron chi connectivity index (χ0n) is 9.86. The summed E-state index contributed by atoms with van der Waals surface area (Å²) >= 11 is 0. The highest BCUT2D eigenvalue weighted by molar-refractivity contribution is 5.41. The molecule has 1 aliphatic heterocycles. The summed E-state index contributed by atoms with van der Waals surface area (Å²) in [7, 11) is 0. The van der Waals surface area contributed by atoms with E-state index in [-0.39, 0.29) is 6.01 Å². The molecule has 0 aliphatic carbocycles. The van der Waals surface area contributed by atoms with Crippen LogP contribution in [0.2, 0.25) is 0 Å². The van der Waals surface area contributed by atoms with Gasteiger partial charge in [-0.05, 0) is 12.1 Å². The van der Waals surface area contributed by atoms with Crippen molar-refractivity contribution in [3.05, 3.63) is 24.4 Å². The van der Waals surface area contributed by atoms with Crippen LogP contribution in [0, 0.1) is 0 Å². The van der Waals surface area contributed by atoms with E-state index in [1.807, 2.05) is 23.1 Å². The van der Waals surface area contributed by atoms with Crippen LogP contribution in [0.1, 0.15) is 0 Å². The first-order valence-electron chi connectivity index (χ1n) is 5.83. The van der Waals surface area contributed by atoms with Gasteiger partial charge in [-0.2, -0.15) is 0 Å². The zero-order chi connectivity index (χ0) is 12.4. The molecule has 7 heteroatoms. The summed E-state index contributed by atoms with van der Waals surface area (Å²) in [5.41, 5.74) is 5.42. The summed E-state index contributed by atoms with van der Waals surface area (Å²) in [4.78, 5) is 8.60. The van der Waals surface area contributed by atoms with Gasteiger partial charge in [-0.25, -0.2) is 4.98 Å². The number of nitrogens with two attached hydrogens (primary N) is 1. The second kappa shape index (κ2) is 4.52. The van der Waals surface area contributed by atoms with E-state index in [1.165, 1.54) is 0 Å². The van der Waals surface area contributed by atoms with Gasteiger partial charge in [-0.1, -0.05) is 16.3 Å². The van der Waals surface area contributed by atoms with Crippen molar-refractivity contribution in [2.24, 2.45) is 0 Å². The fourth-order valence-electron chi connectivity index (χ4n) is 2.02. The second-order valence-corrected chi connectivity index (χ2v) is 4.08. The number of hydrogen-bond donors (Lipinski definition) is 1. The van der Waals surface area contributed by atoms with E-state index in [1.54, 1.807) is 6.20 Å². The molecule has 1 aliphatic rings. The van der Waals surface area contributed by atoms with Gasteiger partial charge in [0, 0.05) is 32.4 Å². The van der Waals surface area contributed by atoms with Gasteiger partial charge in [0.05, 0.1) is 0 Å². The van der Waals surface area contributed by atoms with E-state index in [4.69, 9.17) is 10.2 Å². The molecule has 1 fully saturated rings. The Hall–Kier alpha value is -2.31. The number of anilines is 3. The molecular weight excluding hydrogens is 232 g/mol. The van der Waals surface area contributed by atoms with Gasteiger partial charge in [0.25, 0.3) is 0 Å². The maximum Gasteiger partial charge on any atom is 0.319 e. The zero-order valence-corrected chi connectivity index (χ0v) is 9.86. The number of hydrogen-bond acceptors (Lipinski definition) is 7. The first kappa shape index (κ1) is 10.8. The van der Waals surface area contributed by atoms with Crippen molar-refractivity contribution >= 4 is 17.8 Å². The molecule has 3 heterocycles. The normalized spacial score (nSPS) is 16.0. The molecule has 0 unspecified atom stereocenters.